The summed E-state index contributed by atoms with van der Waals surface area (Å²) in [4.78, 5) is 11.7. The van der Waals surface area contributed by atoms with Crippen molar-refractivity contribution in [2.75, 3.05) is 26.7 Å². The van der Waals surface area contributed by atoms with Gasteiger partial charge in [-0.1, -0.05) is 6.92 Å². The Labute approximate surface area is 108 Å². The van der Waals surface area contributed by atoms with E-state index in [1.54, 1.807) is 0 Å². The van der Waals surface area contributed by atoms with Crippen LogP contribution >= 0.6 is 0 Å². The van der Waals surface area contributed by atoms with Gasteiger partial charge in [0.1, 0.15) is 6.10 Å². The number of nitrogens with one attached hydrogen (secondary N) is 1. The third-order valence-electron chi connectivity index (χ3n) is 3.68. The summed E-state index contributed by atoms with van der Waals surface area (Å²) in [5.41, 5.74) is 3.64. The number of nitrogens with zero attached hydrogens (tertiary/aromatic N) is 3. The molecule has 3 rings (SSSR count). The van der Waals surface area contributed by atoms with Crippen LogP contribution < -0.4 is 5.32 Å². The summed E-state index contributed by atoms with van der Waals surface area (Å²) in [6.07, 6.45) is 0.988. The molecule has 1 unspecified atom stereocenters. The lowest BCUT2D eigenvalue weighted by molar-refractivity contribution is -0.0256. The Morgan fingerprint density at radius 1 is 1.39 bits per heavy atom. The molecule has 0 radical (unpaired) electrons. The van der Waals surface area contributed by atoms with Gasteiger partial charge in [0.2, 0.25) is 0 Å². The van der Waals surface area contributed by atoms with Crippen molar-refractivity contribution in [2.45, 2.75) is 32.5 Å². The molecule has 0 aliphatic carbocycles. The van der Waals surface area contributed by atoms with Gasteiger partial charge in [-0.05, 0) is 13.5 Å². The Morgan fingerprint density at radius 2 is 2.28 bits per heavy atom. The smallest absolute Gasteiger partial charge is 0.158 e. The second-order valence-corrected chi connectivity index (χ2v) is 5.03. The Hall–Kier alpha value is -1.04. The van der Waals surface area contributed by atoms with Crippen LogP contribution in [0.4, 0.5) is 0 Å². The first kappa shape index (κ1) is 12.0. The summed E-state index contributed by atoms with van der Waals surface area (Å²) in [5, 5.41) is 3.35. The maximum Gasteiger partial charge on any atom is 0.158 e. The zero-order chi connectivity index (χ0) is 12.5. The lowest BCUT2D eigenvalue weighted by Gasteiger charge is -2.29. The third-order valence-corrected chi connectivity index (χ3v) is 3.68. The van der Waals surface area contributed by atoms with Crippen LogP contribution in [-0.2, 0) is 24.2 Å². The van der Waals surface area contributed by atoms with E-state index in [4.69, 9.17) is 14.7 Å². The van der Waals surface area contributed by atoms with Crippen LogP contribution in [0, 0.1) is 0 Å². The second kappa shape index (κ2) is 4.91. The molecule has 98 valence electrons. The minimum Gasteiger partial charge on any atom is -0.368 e. The van der Waals surface area contributed by atoms with Gasteiger partial charge in [0.25, 0.3) is 0 Å². The molecule has 0 amide bonds. The average Bonchev–Trinajstić information content (AvgIpc) is 2.85. The summed E-state index contributed by atoms with van der Waals surface area (Å²) in [6, 6.07) is 0. The van der Waals surface area contributed by atoms with Crippen LogP contribution in [0.15, 0.2) is 0 Å². The van der Waals surface area contributed by atoms with E-state index in [1.807, 2.05) is 0 Å². The molecule has 3 heterocycles. The van der Waals surface area contributed by atoms with Gasteiger partial charge in [-0.2, -0.15) is 0 Å². The van der Waals surface area contributed by atoms with Crippen molar-refractivity contribution >= 4 is 0 Å². The lowest BCUT2D eigenvalue weighted by Crippen LogP contribution is -2.36. The molecule has 1 fully saturated rings. The normalized spacial score (nSPS) is 24.2. The predicted octanol–water partition coefficient (Wildman–Crippen LogP) is 0.645. The molecule has 1 N–H and O–H groups in total. The molecule has 5 heteroatoms. The molecule has 1 aromatic heterocycles. The van der Waals surface area contributed by atoms with Gasteiger partial charge in [-0.15, -0.1) is 0 Å². The van der Waals surface area contributed by atoms with Crippen LogP contribution in [-0.4, -0.2) is 41.6 Å². The summed E-state index contributed by atoms with van der Waals surface area (Å²) in [7, 11) is 2.12. The summed E-state index contributed by atoms with van der Waals surface area (Å²) < 4.78 is 5.81. The van der Waals surface area contributed by atoms with Crippen LogP contribution in [0.2, 0.25) is 0 Å². The van der Waals surface area contributed by atoms with Crippen molar-refractivity contribution < 1.29 is 4.74 Å². The molecule has 0 spiro atoms. The number of fused-ring (bicyclic) bond motifs is 1. The first-order valence-corrected chi connectivity index (χ1v) is 6.67. The van der Waals surface area contributed by atoms with E-state index < -0.39 is 0 Å². The van der Waals surface area contributed by atoms with Gasteiger partial charge < -0.3 is 15.0 Å². The maximum absolute atomic E-state index is 5.81. The fourth-order valence-electron chi connectivity index (χ4n) is 2.63. The Balaban J connectivity index is 1.92. The highest BCUT2D eigenvalue weighted by atomic mass is 16.5. The van der Waals surface area contributed by atoms with E-state index in [1.165, 1.54) is 11.3 Å². The maximum atomic E-state index is 5.81. The van der Waals surface area contributed by atoms with E-state index in [0.717, 1.165) is 50.7 Å². The highest BCUT2D eigenvalue weighted by molar-refractivity contribution is 5.29. The number of morpholine rings is 1. The monoisotopic (exact) mass is 248 g/mol. The number of ether oxygens (including phenoxy) is 1. The number of hydrogen-bond acceptors (Lipinski definition) is 5. The van der Waals surface area contributed by atoms with Gasteiger partial charge in [0.05, 0.1) is 12.3 Å². The van der Waals surface area contributed by atoms with E-state index >= 15 is 0 Å². The molecule has 2 aliphatic heterocycles. The molecule has 0 saturated carbocycles. The van der Waals surface area contributed by atoms with E-state index in [0.29, 0.717) is 0 Å². The largest absolute Gasteiger partial charge is 0.368 e. The Morgan fingerprint density at radius 3 is 3.06 bits per heavy atom. The molecule has 5 nitrogen and oxygen atoms in total. The topological polar surface area (TPSA) is 50.3 Å². The highest BCUT2D eigenvalue weighted by Crippen LogP contribution is 2.23. The number of aryl methyl sites for hydroxylation is 1. The Bertz CT molecular complexity index is 449. The molecule has 1 aromatic rings. The highest BCUT2D eigenvalue weighted by Gasteiger charge is 2.25. The van der Waals surface area contributed by atoms with E-state index in [-0.39, 0.29) is 6.10 Å². The summed E-state index contributed by atoms with van der Waals surface area (Å²) in [6.45, 7) is 6.56. The summed E-state index contributed by atoms with van der Waals surface area (Å²) >= 11 is 0. The van der Waals surface area contributed by atoms with E-state index in [2.05, 4.69) is 24.2 Å². The Kier molecular flexibility index (Phi) is 3.28. The third kappa shape index (κ3) is 2.13. The zero-order valence-electron chi connectivity index (χ0n) is 11.1. The summed E-state index contributed by atoms with van der Waals surface area (Å²) in [5.74, 6) is 0.862. The van der Waals surface area contributed by atoms with Crippen molar-refractivity contribution in [1.29, 1.82) is 0 Å². The average molecular weight is 248 g/mol. The van der Waals surface area contributed by atoms with Gasteiger partial charge in [0.15, 0.2) is 5.82 Å². The second-order valence-electron chi connectivity index (χ2n) is 5.03. The van der Waals surface area contributed by atoms with Crippen LogP contribution in [0.1, 0.15) is 35.8 Å². The van der Waals surface area contributed by atoms with Crippen LogP contribution in [0.3, 0.4) is 0 Å². The van der Waals surface area contributed by atoms with Crippen molar-refractivity contribution in [3.8, 4) is 0 Å². The number of aromatic nitrogens is 2. The molecule has 0 bridgehead atoms. The number of rotatable bonds is 2. The van der Waals surface area contributed by atoms with Gasteiger partial charge in [-0.25, -0.2) is 9.97 Å². The quantitative estimate of drug-likeness (QED) is 0.832. The minimum absolute atomic E-state index is 0.0277. The fraction of sp³-hybridized carbons (Fsp3) is 0.692. The molecule has 1 atom stereocenters. The molecule has 18 heavy (non-hydrogen) atoms. The van der Waals surface area contributed by atoms with Crippen molar-refractivity contribution in [2.24, 2.45) is 0 Å². The van der Waals surface area contributed by atoms with Gasteiger partial charge >= 0.3 is 0 Å². The minimum atomic E-state index is 0.0277. The van der Waals surface area contributed by atoms with Crippen LogP contribution in [0.5, 0.6) is 0 Å². The van der Waals surface area contributed by atoms with Gasteiger partial charge in [-0.3, -0.25) is 0 Å². The number of hydrogen-bond donors (Lipinski definition) is 1. The van der Waals surface area contributed by atoms with Crippen molar-refractivity contribution in [3.05, 3.63) is 22.8 Å². The SMILES string of the molecule is CCc1nc(C2CN(C)CCO2)nc2c1CNC2. The molecule has 2 aliphatic rings. The molecule has 1 saturated heterocycles. The molecular formula is C13H20N4O. The molecule has 0 aromatic carbocycles. The van der Waals surface area contributed by atoms with Crippen molar-refractivity contribution in [1.82, 2.24) is 20.2 Å². The van der Waals surface area contributed by atoms with Gasteiger partial charge in [0, 0.05) is 37.4 Å². The van der Waals surface area contributed by atoms with Crippen molar-refractivity contribution in [3.63, 3.8) is 0 Å². The zero-order valence-corrected chi connectivity index (χ0v) is 11.1. The fourth-order valence-corrected chi connectivity index (χ4v) is 2.63. The van der Waals surface area contributed by atoms with E-state index in [9.17, 15) is 0 Å². The molecular weight excluding hydrogens is 228 g/mol. The first-order chi connectivity index (χ1) is 8.78. The number of likely N-dealkylation sites (N-methyl/N-ethyl adjacent to an activating group) is 1. The first-order valence-electron chi connectivity index (χ1n) is 6.67. The predicted molar refractivity (Wildman–Crippen MR) is 68.1 cm³/mol. The standard InChI is InChI=1S/C13H20N4O/c1-3-10-9-6-14-7-11(9)16-13(15-10)12-8-17(2)4-5-18-12/h12,14H,3-8H2,1-2H3. The lowest BCUT2D eigenvalue weighted by atomic mass is 10.1. The van der Waals surface area contributed by atoms with Crippen LogP contribution in [0.25, 0.3) is 0 Å².